The van der Waals surface area contributed by atoms with Crippen LogP contribution in [0, 0.1) is 11.6 Å². The molecule has 0 saturated carbocycles. The molecule has 0 heterocycles. The minimum atomic E-state index is -0.695. The Bertz CT molecular complexity index is 382. The molecule has 2 N–H and O–H groups in total. The van der Waals surface area contributed by atoms with Crippen molar-refractivity contribution in [1.82, 2.24) is 0 Å². The molecule has 0 bridgehead atoms. The Morgan fingerprint density at radius 3 is 2.69 bits per heavy atom. The second-order valence-corrected chi connectivity index (χ2v) is 3.38. The predicted molar refractivity (Wildman–Crippen MR) is 54.8 cm³/mol. The average molecular weight is 229 g/mol. The normalized spacial score (nSPS) is 12.2. The van der Waals surface area contributed by atoms with Crippen LogP contribution in [-0.2, 0) is 9.53 Å². The summed E-state index contributed by atoms with van der Waals surface area (Å²) >= 11 is 0. The van der Waals surface area contributed by atoms with Crippen LogP contribution >= 0.6 is 0 Å². The number of hydrogen-bond acceptors (Lipinski definition) is 3. The summed E-state index contributed by atoms with van der Waals surface area (Å²) in [7, 11) is 1.25. The number of nitrogens with two attached hydrogens (primary N) is 1. The van der Waals surface area contributed by atoms with Gasteiger partial charge in [-0.2, -0.15) is 0 Å². The zero-order valence-corrected chi connectivity index (χ0v) is 8.87. The summed E-state index contributed by atoms with van der Waals surface area (Å²) in [6.07, 6.45) is -0.0183. The Balaban J connectivity index is 2.90. The van der Waals surface area contributed by atoms with Crippen LogP contribution in [0.4, 0.5) is 8.78 Å². The van der Waals surface area contributed by atoms with Crippen LogP contribution < -0.4 is 5.73 Å². The van der Waals surface area contributed by atoms with Crippen molar-refractivity contribution < 1.29 is 18.3 Å². The van der Waals surface area contributed by atoms with Crippen molar-refractivity contribution in [3.63, 3.8) is 0 Å². The van der Waals surface area contributed by atoms with Crippen LogP contribution in [-0.4, -0.2) is 19.6 Å². The number of esters is 1. The van der Waals surface area contributed by atoms with E-state index < -0.39 is 23.5 Å². The van der Waals surface area contributed by atoms with Crippen molar-refractivity contribution in [1.29, 1.82) is 0 Å². The Kier molecular flexibility index (Phi) is 4.37. The van der Waals surface area contributed by atoms with Gasteiger partial charge in [0.1, 0.15) is 11.6 Å². The van der Waals surface area contributed by atoms with Gasteiger partial charge in [0, 0.05) is 12.0 Å². The lowest BCUT2D eigenvalue weighted by Crippen LogP contribution is -2.18. The van der Waals surface area contributed by atoms with E-state index in [4.69, 9.17) is 5.73 Å². The molecule has 0 aliphatic heterocycles. The number of halogens is 2. The van der Waals surface area contributed by atoms with Gasteiger partial charge in [-0.1, -0.05) is 6.07 Å². The van der Waals surface area contributed by atoms with Crippen molar-refractivity contribution in [2.24, 2.45) is 5.73 Å². The first-order chi connectivity index (χ1) is 7.58. The molecule has 1 aromatic rings. The molecule has 3 nitrogen and oxygen atoms in total. The fourth-order valence-electron chi connectivity index (χ4n) is 1.44. The average Bonchev–Trinajstić information content (AvgIpc) is 2.26. The highest BCUT2D eigenvalue weighted by atomic mass is 19.1. The van der Waals surface area contributed by atoms with Crippen LogP contribution in [0.2, 0.25) is 0 Å². The van der Waals surface area contributed by atoms with E-state index in [0.29, 0.717) is 0 Å². The van der Waals surface area contributed by atoms with E-state index in [1.54, 1.807) is 0 Å². The number of carbonyl (C=O) groups is 1. The Morgan fingerprint density at radius 2 is 2.19 bits per heavy atom. The van der Waals surface area contributed by atoms with E-state index in [1.807, 2.05) is 0 Å². The molecule has 88 valence electrons. The lowest BCUT2D eigenvalue weighted by Gasteiger charge is -2.14. The van der Waals surface area contributed by atoms with Gasteiger partial charge in [0.2, 0.25) is 0 Å². The third-order valence-electron chi connectivity index (χ3n) is 2.33. The smallest absolute Gasteiger partial charge is 0.306 e. The topological polar surface area (TPSA) is 52.3 Å². The molecular weight excluding hydrogens is 216 g/mol. The zero-order chi connectivity index (χ0) is 12.1. The van der Waals surface area contributed by atoms with Crippen molar-refractivity contribution in [3.05, 3.63) is 35.4 Å². The molecule has 0 aliphatic rings. The van der Waals surface area contributed by atoms with E-state index in [2.05, 4.69) is 4.74 Å². The number of benzene rings is 1. The fraction of sp³-hybridized carbons (Fsp3) is 0.364. The van der Waals surface area contributed by atoms with Crippen LogP contribution in [0.15, 0.2) is 18.2 Å². The minimum Gasteiger partial charge on any atom is -0.469 e. The molecule has 1 rings (SSSR count). The highest BCUT2D eigenvalue weighted by Crippen LogP contribution is 2.22. The van der Waals surface area contributed by atoms with Crippen molar-refractivity contribution in [2.75, 3.05) is 13.7 Å². The van der Waals surface area contributed by atoms with Crippen molar-refractivity contribution in [3.8, 4) is 0 Å². The Labute approximate surface area is 92.2 Å². The number of rotatable bonds is 4. The second kappa shape index (κ2) is 5.55. The van der Waals surface area contributed by atoms with Crippen LogP contribution in [0.3, 0.4) is 0 Å². The fourth-order valence-corrected chi connectivity index (χ4v) is 1.44. The molecule has 16 heavy (non-hydrogen) atoms. The summed E-state index contributed by atoms with van der Waals surface area (Å²) in [6.45, 7) is 0.0949. The van der Waals surface area contributed by atoms with Gasteiger partial charge in [-0.25, -0.2) is 8.78 Å². The third kappa shape index (κ3) is 3.00. The SMILES string of the molecule is COC(=O)CC(CN)c1ccc(F)cc1F. The summed E-state index contributed by atoms with van der Waals surface area (Å²) in [5.74, 6) is -2.32. The van der Waals surface area contributed by atoms with Crippen LogP contribution in [0.1, 0.15) is 17.9 Å². The zero-order valence-electron chi connectivity index (χ0n) is 8.87. The number of hydrogen-bond donors (Lipinski definition) is 1. The summed E-state index contributed by atoms with van der Waals surface area (Å²) in [5, 5.41) is 0. The highest BCUT2D eigenvalue weighted by molar-refractivity contribution is 5.70. The van der Waals surface area contributed by atoms with Gasteiger partial charge in [-0.15, -0.1) is 0 Å². The molecule has 5 heteroatoms. The van der Waals surface area contributed by atoms with E-state index in [-0.39, 0.29) is 18.5 Å². The monoisotopic (exact) mass is 229 g/mol. The summed E-state index contributed by atoms with van der Waals surface area (Å²) < 4.78 is 30.6. The first-order valence-electron chi connectivity index (χ1n) is 4.80. The molecule has 0 aliphatic carbocycles. The number of methoxy groups -OCH3 is 1. The van der Waals surface area contributed by atoms with Gasteiger partial charge in [0.25, 0.3) is 0 Å². The maximum Gasteiger partial charge on any atom is 0.306 e. The molecule has 0 spiro atoms. The van der Waals surface area contributed by atoms with Crippen LogP contribution in [0.25, 0.3) is 0 Å². The highest BCUT2D eigenvalue weighted by Gasteiger charge is 2.18. The maximum atomic E-state index is 13.4. The second-order valence-electron chi connectivity index (χ2n) is 3.38. The van der Waals surface area contributed by atoms with Gasteiger partial charge in [0.05, 0.1) is 13.5 Å². The van der Waals surface area contributed by atoms with E-state index in [9.17, 15) is 13.6 Å². The Hall–Kier alpha value is -1.49. The number of ether oxygens (including phenoxy) is 1. The van der Waals surface area contributed by atoms with E-state index in [0.717, 1.165) is 12.1 Å². The van der Waals surface area contributed by atoms with E-state index >= 15 is 0 Å². The van der Waals surface area contributed by atoms with Gasteiger partial charge in [-0.05, 0) is 18.2 Å². The molecule has 1 aromatic carbocycles. The summed E-state index contributed by atoms with van der Waals surface area (Å²) in [6, 6.07) is 3.21. The molecule has 1 atom stereocenters. The molecule has 0 saturated heterocycles. The third-order valence-corrected chi connectivity index (χ3v) is 2.33. The van der Waals surface area contributed by atoms with Crippen molar-refractivity contribution in [2.45, 2.75) is 12.3 Å². The number of carbonyl (C=O) groups excluding carboxylic acids is 1. The lowest BCUT2D eigenvalue weighted by atomic mass is 9.95. The lowest BCUT2D eigenvalue weighted by molar-refractivity contribution is -0.141. The Morgan fingerprint density at radius 1 is 1.50 bits per heavy atom. The molecule has 0 aromatic heterocycles. The van der Waals surface area contributed by atoms with Gasteiger partial charge < -0.3 is 10.5 Å². The first kappa shape index (κ1) is 12.6. The van der Waals surface area contributed by atoms with Gasteiger partial charge in [0.15, 0.2) is 0 Å². The summed E-state index contributed by atoms with van der Waals surface area (Å²) in [4.78, 5) is 11.1. The largest absolute Gasteiger partial charge is 0.469 e. The molecule has 0 amide bonds. The van der Waals surface area contributed by atoms with Crippen molar-refractivity contribution >= 4 is 5.97 Å². The molecular formula is C11H13F2NO2. The minimum absolute atomic E-state index is 0.0183. The van der Waals surface area contributed by atoms with E-state index in [1.165, 1.54) is 13.2 Å². The molecule has 1 unspecified atom stereocenters. The molecule has 0 fully saturated rings. The first-order valence-corrected chi connectivity index (χ1v) is 4.80. The standard InChI is InChI=1S/C11H13F2NO2/c1-16-11(15)4-7(6-14)9-3-2-8(12)5-10(9)13/h2-3,5,7H,4,6,14H2,1H3. The summed E-state index contributed by atoms with van der Waals surface area (Å²) in [5.41, 5.74) is 5.68. The maximum absolute atomic E-state index is 13.4. The van der Waals surface area contributed by atoms with Gasteiger partial charge >= 0.3 is 5.97 Å². The molecule has 0 radical (unpaired) electrons. The van der Waals surface area contributed by atoms with Crippen LogP contribution in [0.5, 0.6) is 0 Å². The predicted octanol–water partition coefficient (Wildman–Crippen LogP) is 1.57. The quantitative estimate of drug-likeness (QED) is 0.797. The van der Waals surface area contributed by atoms with Gasteiger partial charge in [-0.3, -0.25) is 4.79 Å².